The minimum Gasteiger partial charge on any atom is -0.462 e. The van der Waals surface area contributed by atoms with Crippen LogP contribution in [0.25, 0.3) is 22.3 Å². The summed E-state index contributed by atoms with van der Waals surface area (Å²) >= 11 is 11.9. The number of hydrogen-bond acceptors (Lipinski definition) is 18. The molecule has 6 aromatic rings. The number of benzene rings is 2. The number of fused-ring (bicyclic) bond motifs is 2. The molecule has 0 aliphatic heterocycles. The third-order valence-electron chi connectivity index (χ3n) is 9.91. The molecule has 0 radical (unpaired) electrons. The van der Waals surface area contributed by atoms with E-state index in [1.807, 2.05) is 0 Å². The highest BCUT2D eigenvalue weighted by Gasteiger charge is 2.41. The number of imidazole rings is 2. The Morgan fingerprint density at radius 1 is 0.639 bits per heavy atom. The van der Waals surface area contributed by atoms with Gasteiger partial charge >= 0.3 is 19.5 Å². The van der Waals surface area contributed by atoms with Crippen LogP contribution in [0.5, 0.6) is 5.75 Å². The van der Waals surface area contributed by atoms with Crippen LogP contribution in [0.1, 0.15) is 79.6 Å². The molecule has 0 bridgehead atoms. The van der Waals surface area contributed by atoms with E-state index in [0.717, 1.165) is 0 Å². The van der Waals surface area contributed by atoms with Gasteiger partial charge in [0.25, 0.3) is 13.4 Å². The molecule has 4 aromatic heterocycles. The molecule has 23 nitrogen and oxygen atoms in total. The average Bonchev–Trinajstić information content (AvgIpc) is 3.90. The Morgan fingerprint density at radius 2 is 1.07 bits per heavy atom. The number of hydrogen-bond donors (Lipinski definition) is 5. The molecule has 2 unspecified atom stereocenters. The first-order chi connectivity index (χ1) is 33.7. The molecule has 0 aliphatic rings. The molecular weight excluding hydrogens is 1020 g/mol. The first-order valence-corrected chi connectivity index (χ1v) is 26.9. The Bertz CT molecular complexity index is 2920. The second-order valence-corrected chi connectivity index (χ2v) is 23.2. The van der Waals surface area contributed by atoms with E-state index in [-0.39, 0.29) is 35.8 Å². The molecular formula is C45H61Cl2N13O10P2. The fraction of sp³-hybridized carbons (Fsp3) is 0.444. The minimum absolute atomic E-state index is 0.240. The number of carbonyl (C=O) groups is 3. The second kappa shape index (κ2) is 24.3. The van der Waals surface area contributed by atoms with E-state index < -0.39 is 62.4 Å². The highest BCUT2D eigenvalue weighted by atomic mass is 35.5. The summed E-state index contributed by atoms with van der Waals surface area (Å²) in [4.78, 5) is 62.9. The normalized spacial score (nSPS) is 14.5. The standard InChI is InChI=1S/C23H31ClN7O5P.C22H30ClN6O5P/c1-14(2)36-22(33)23(4,5)30-37(34,29-21(32)16-6-8-17(24)9-7-16)13-35-15(3)10-31-12-28-18-19(25)26-11-27-20(18)31;1-14(2)33-21(30)22(4,5)28-35(31,34-17-8-6-16(23)7-9-17)13-32-15(3)10-29-12-27-18-19(24)25-11-26-20(18)29/h6-9,11-12,14-15H,10,13H2,1-5H3,(H2,25,26,27)(H2,29,30,32,34);6-9,11-12,14-15H,10,13H2,1-5H3,(H,28,31)(H2,24,25,26)/t15-,37?;15-,35?/m11/s1. The lowest BCUT2D eigenvalue weighted by atomic mass is 10.1. The third-order valence-corrected chi connectivity index (χ3v) is 14.3. The van der Waals surface area contributed by atoms with Gasteiger partial charge in [0.2, 0.25) is 0 Å². The lowest BCUT2D eigenvalue weighted by molar-refractivity contribution is -0.154. The molecule has 4 atom stereocenters. The van der Waals surface area contributed by atoms with Gasteiger partial charge in [-0.1, -0.05) is 23.2 Å². The number of rotatable bonds is 22. The van der Waals surface area contributed by atoms with Gasteiger partial charge in [-0.25, -0.2) is 40.1 Å². The van der Waals surface area contributed by atoms with E-state index in [4.69, 9.17) is 58.1 Å². The van der Waals surface area contributed by atoms with Crippen LogP contribution in [0.2, 0.25) is 10.0 Å². The summed E-state index contributed by atoms with van der Waals surface area (Å²) < 4.78 is 59.6. The Morgan fingerprint density at radius 3 is 1.53 bits per heavy atom. The van der Waals surface area contributed by atoms with E-state index in [2.05, 4.69) is 45.2 Å². The monoisotopic (exact) mass is 1080 g/mol. The summed E-state index contributed by atoms with van der Waals surface area (Å²) in [6.07, 6.45) is 3.50. The zero-order chi connectivity index (χ0) is 53.2. The quantitative estimate of drug-likeness (QED) is 0.0327. The van der Waals surface area contributed by atoms with E-state index in [1.165, 1.54) is 38.6 Å². The van der Waals surface area contributed by atoms with Gasteiger partial charge < -0.3 is 44.1 Å². The number of nitrogens with one attached hydrogen (secondary N) is 3. The second-order valence-electron chi connectivity index (χ2n) is 18.2. The van der Waals surface area contributed by atoms with Crippen molar-refractivity contribution in [3.8, 4) is 5.75 Å². The summed E-state index contributed by atoms with van der Waals surface area (Å²) in [6, 6.07) is 12.5. The molecule has 4 heterocycles. The van der Waals surface area contributed by atoms with Crippen LogP contribution in [-0.4, -0.2) is 105 Å². The third kappa shape index (κ3) is 16.1. The smallest absolute Gasteiger partial charge is 0.342 e. The maximum absolute atomic E-state index is 14.0. The van der Waals surface area contributed by atoms with Gasteiger partial charge in [0.1, 0.15) is 53.2 Å². The highest BCUT2D eigenvalue weighted by Crippen LogP contribution is 2.46. The fourth-order valence-corrected chi connectivity index (χ4v) is 10.9. The number of ether oxygens (including phenoxy) is 4. The number of nitrogens with zero attached hydrogens (tertiary/aromatic N) is 8. The van der Waals surface area contributed by atoms with Crippen molar-refractivity contribution in [2.24, 2.45) is 0 Å². The van der Waals surface area contributed by atoms with E-state index in [9.17, 15) is 23.5 Å². The first kappa shape index (κ1) is 57.1. The van der Waals surface area contributed by atoms with E-state index in [1.54, 1.807) is 114 Å². The SMILES string of the molecule is CC(C)OC(=O)C(C)(C)NP(=O)(CO[C@H](C)Cn1cnc2c(N)ncnc21)NC(=O)c1ccc(Cl)cc1.CC(C)OC(=O)C(C)(C)NP(=O)(CO[C@H](C)Cn1cnc2c(N)ncnc21)Oc1ccc(Cl)cc1. The van der Waals surface area contributed by atoms with Crippen molar-refractivity contribution >= 4 is 90.0 Å². The summed E-state index contributed by atoms with van der Waals surface area (Å²) in [5.74, 6) is -0.970. The zero-order valence-electron chi connectivity index (χ0n) is 41.5. The van der Waals surface area contributed by atoms with Crippen LogP contribution in [0.4, 0.5) is 11.6 Å². The van der Waals surface area contributed by atoms with Crippen LogP contribution in [0.15, 0.2) is 73.8 Å². The number of nitrogens with two attached hydrogens (primary N) is 2. The lowest BCUT2D eigenvalue weighted by Crippen LogP contribution is -2.49. The summed E-state index contributed by atoms with van der Waals surface area (Å²) in [5, 5.41) is 9.09. The van der Waals surface area contributed by atoms with Crippen molar-refractivity contribution in [1.29, 1.82) is 0 Å². The van der Waals surface area contributed by atoms with Gasteiger partial charge in [-0.05, 0) is 118 Å². The molecule has 0 saturated carbocycles. The molecule has 0 spiro atoms. The summed E-state index contributed by atoms with van der Waals surface area (Å²) in [6.45, 7) is 17.3. The molecule has 2 aromatic carbocycles. The van der Waals surface area contributed by atoms with Crippen molar-refractivity contribution in [2.45, 2.75) is 118 Å². The number of carbonyl (C=O) groups excluding carboxylic acids is 3. The Hall–Kier alpha value is -5.77. The zero-order valence-corrected chi connectivity index (χ0v) is 44.8. The van der Waals surface area contributed by atoms with E-state index in [0.29, 0.717) is 51.2 Å². The first-order valence-electron chi connectivity index (χ1n) is 22.5. The van der Waals surface area contributed by atoms with Crippen molar-refractivity contribution in [3.63, 3.8) is 0 Å². The van der Waals surface area contributed by atoms with Crippen LogP contribution in [-0.2, 0) is 50.8 Å². The molecule has 7 N–H and O–H groups in total. The van der Waals surface area contributed by atoms with Crippen molar-refractivity contribution in [3.05, 3.63) is 89.4 Å². The van der Waals surface area contributed by atoms with Crippen LogP contribution < -0.4 is 31.3 Å². The van der Waals surface area contributed by atoms with E-state index >= 15 is 0 Å². The van der Waals surface area contributed by atoms with Gasteiger partial charge in [-0.15, -0.1) is 0 Å². The Kier molecular flexibility index (Phi) is 19.3. The van der Waals surface area contributed by atoms with Crippen LogP contribution in [0, 0.1) is 0 Å². The van der Waals surface area contributed by atoms with Crippen molar-refractivity contribution in [2.75, 3.05) is 24.2 Å². The highest BCUT2D eigenvalue weighted by molar-refractivity contribution is 7.60. The minimum atomic E-state index is -3.85. The van der Waals surface area contributed by atoms with Crippen LogP contribution in [0.3, 0.4) is 0 Å². The predicted molar refractivity (Wildman–Crippen MR) is 273 cm³/mol. The maximum atomic E-state index is 14.0. The van der Waals surface area contributed by atoms with Gasteiger partial charge in [-0.2, -0.15) is 0 Å². The lowest BCUT2D eigenvalue weighted by Gasteiger charge is -2.31. The largest absolute Gasteiger partial charge is 0.462 e. The number of esters is 2. The maximum Gasteiger partial charge on any atom is 0.342 e. The van der Waals surface area contributed by atoms with Gasteiger partial charge in [-0.3, -0.25) is 28.6 Å². The van der Waals surface area contributed by atoms with Crippen molar-refractivity contribution in [1.82, 2.24) is 54.3 Å². The molecule has 0 aliphatic carbocycles. The Balaban J connectivity index is 0.000000268. The van der Waals surface area contributed by atoms with Crippen LogP contribution >= 0.6 is 38.2 Å². The number of halogens is 2. The Labute approximate surface area is 426 Å². The molecule has 0 fully saturated rings. The van der Waals surface area contributed by atoms with Crippen molar-refractivity contribution < 1.29 is 47.0 Å². The summed E-state index contributed by atoms with van der Waals surface area (Å²) in [5.41, 5.74) is 11.3. The average molecular weight is 1080 g/mol. The number of anilines is 2. The van der Waals surface area contributed by atoms with Gasteiger partial charge in [0.15, 0.2) is 22.9 Å². The molecule has 1 amide bonds. The topological polar surface area (TPSA) is 307 Å². The molecule has 27 heteroatoms. The van der Waals surface area contributed by atoms with Gasteiger partial charge in [0.05, 0.1) is 50.2 Å². The molecule has 390 valence electrons. The predicted octanol–water partition coefficient (Wildman–Crippen LogP) is 7.38. The number of amides is 1. The molecule has 0 saturated heterocycles. The fourth-order valence-electron chi connectivity index (χ4n) is 6.54. The molecule has 72 heavy (non-hydrogen) atoms. The number of nitrogen functional groups attached to an aromatic ring is 2. The number of aromatic nitrogens is 8. The molecule has 6 rings (SSSR count). The van der Waals surface area contributed by atoms with Gasteiger partial charge in [0, 0.05) is 15.6 Å². The summed E-state index contributed by atoms with van der Waals surface area (Å²) in [7, 11) is -7.61.